The molecule has 22 heavy (non-hydrogen) atoms. The fourth-order valence-corrected chi connectivity index (χ4v) is 3.31. The topological polar surface area (TPSA) is 35.0 Å². The molecule has 4 aromatic rings. The SMILES string of the molecule is COc1ccc2nc(-c3ccc4ccc(F)cc4n3)sc2c1. The van der Waals surface area contributed by atoms with Crippen LogP contribution < -0.4 is 4.74 Å². The number of nitrogens with zero attached hydrogens (tertiary/aromatic N) is 2. The predicted molar refractivity (Wildman–Crippen MR) is 86.9 cm³/mol. The van der Waals surface area contributed by atoms with E-state index in [1.54, 1.807) is 24.5 Å². The van der Waals surface area contributed by atoms with Gasteiger partial charge in [-0.15, -0.1) is 11.3 Å². The van der Waals surface area contributed by atoms with Gasteiger partial charge in [-0.05, 0) is 36.4 Å². The van der Waals surface area contributed by atoms with Crippen LogP contribution in [0.5, 0.6) is 5.75 Å². The summed E-state index contributed by atoms with van der Waals surface area (Å²) in [6.45, 7) is 0. The van der Waals surface area contributed by atoms with Crippen LogP contribution in [-0.4, -0.2) is 17.1 Å². The first kappa shape index (κ1) is 13.2. The lowest BCUT2D eigenvalue weighted by atomic mass is 10.2. The summed E-state index contributed by atoms with van der Waals surface area (Å²) in [5.74, 6) is 0.516. The van der Waals surface area contributed by atoms with E-state index in [1.165, 1.54) is 12.1 Å². The van der Waals surface area contributed by atoms with Crippen molar-refractivity contribution >= 4 is 32.5 Å². The number of halogens is 1. The van der Waals surface area contributed by atoms with E-state index in [0.717, 1.165) is 32.1 Å². The first-order valence-electron chi connectivity index (χ1n) is 6.74. The Hall–Kier alpha value is -2.53. The maximum atomic E-state index is 13.4. The molecule has 0 atom stereocenters. The minimum absolute atomic E-state index is 0.286. The molecule has 0 aliphatic heterocycles. The quantitative estimate of drug-likeness (QED) is 0.540. The molecular weight excluding hydrogens is 299 g/mol. The summed E-state index contributed by atoms with van der Waals surface area (Å²) < 4.78 is 19.6. The van der Waals surface area contributed by atoms with Gasteiger partial charge < -0.3 is 4.74 Å². The van der Waals surface area contributed by atoms with Crippen molar-refractivity contribution in [3.63, 3.8) is 0 Å². The highest BCUT2D eigenvalue weighted by Gasteiger charge is 2.09. The van der Waals surface area contributed by atoms with Crippen molar-refractivity contribution in [1.82, 2.24) is 9.97 Å². The van der Waals surface area contributed by atoms with Gasteiger partial charge in [-0.2, -0.15) is 0 Å². The highest BCUT2D eigenvalue weighted by atomic mass is 32.1. The molecule has 5 heteroatoms. The highest BCUT2D eigenvalue weighted by molar-refractivity contribution is 7.21. The lowest BCUT2D eigenvalue weighted by Crippen LogP contribution is -1.85. The number of pyridine rings is 1. The first-order valence-corrected chi connectivity index (χ1v) is 7.56. The largest absolute Gasteiger partial charge is 0.497 e. The third-order valence-electron chi connectivity index (χ3n) is 3.47. The summed E-state index contributed by atoms with van der Waals surface area (Å²) in [5, 5.41) is 1.72. The Balaban J connectivity index is 1.86. The number of hydrogen-bond donors (Lipinski definition) is 0. The van der Waals surface area contributed by atoms with Gasteiger partial charge >= 0.3 is 0 Å². The Labute approximate surface area is 130 Å². The van der Waals surface area contributed by atoms with Gasteiger partial charge in [0.2, 0.25) is 0 Å². The number of ether oxygens (including phenoxy) is 1. The zero-order chi connectivity index (χ0) is 15.1. The molecule has 0 saturated heterocycles. The van der Waals surface area contributed by atoms with Crippen molar-refractivity contribution < 1.29 is 9.13 Å². The molecule has 0 amide bonds. The van der Waals surface area contributed by atoms with Gasteiger partial charge in [0.05, 0.1) is 28.5 Å². The molecule has 2 aromatic carbocycles. The number of thiazole rings is 1. The molecule has 0 bridgehead atoms. The third-order valence-corrected chi connectivity index (χ3v) is 4.51. The van der Waals surface area contributed by atoms with Gasteiger partial charge in [0.25, 0.3) is 0 Å². The third kappa shape index (κ3) is 2.19. The predicted octanol–water partition coefficient (Wildman–Crippen LogP) is 4.66. The molecular formula is C17H11FN2OS. The molecule has 0 aliphatic rings. The van der Waals surface area contributed by atoms with Gasteiger partial charge in [-0.25, -0.2) is 14.4 Å². The van der Waals surface area contributed by atoms with Gasteiger partial charge in [0.1, 0.15) is 16.6 Å². The smallest absolute Gasteiger partial charge is 0.143 e. The van der Waals surface area contributed by atoms with E-state index in [9.17, 15) is 4.39 Å². The molecule has 0 spiro atoms. The van der Waals surface area contributed by atoms with E-state index in [0.29, 0.717) is 5.52 Å². The van der Waals surface area contributed by atoms with Crippen molar-refractivity contribution in [2.45, 2.75) is 0 Å². The Bertz CT molecular complexity index is 996. The van der Waals surface area contributed by atoms with Gasteiger partial charge in [-0.3, -0.25) is 0 Å². The summed E-state index contributed by atoms with van der Waals surface area (Å²) in [5.41, 5.74) is 2.29. The number of aromatic nitrogens is 2. The van der Waals surface area contributed by atoms with E-state index in [1.807, 2.05) is 30.3 Å². The number of fused-ring (bicyclic) bond motifs is 2. The molecule has 108 valence electrons. The van der Waals surface area contributed by atoms with Crippen LogP contribution in [-0.2, 0) is 0 Å². The molecule has 2 heterocycles. The first-order chi connectivity index (χ1) is 10.7. The monoisotopic (exact) mass is 310 g/mol. The number of methoxy groups -OCH3 is 1. The van der Waals surface area contributed by atoms with Crippen LogP contribution in [0.1, 0.15) is 0 Å². The Kier molecular flexibility index (Phi) is 3.01. The summed E-state index contributed by atoms with van der Waals surface area (Å²) in [7, 11) is 1.64. The number of hydrogen-bond acceptors (Lipinski definition) is 4. The highest BCUT2D eigenvalue weighted by Crippen LogP contribution is 2.32. The van der Waals surface area contributed by atoms with Crippen molar-refractivity contribution in [3.05, 3.63) is 54.3 Å². The minimum atomic E-state index is -0.286. The van der Waals surface area contributed by atoms with Crippen LogP contribution in [0.3, 0.4) is 0 Å². The molecule has 0 radical (unpaired) electrons. The van der Waals surface area contributed by atoms with Gasteiger partial charge in [0.15, 0.2) is 0 Å². The van der Waals surface area contributed by atoms with Crippen LogP contribution in [0.25, 0.3) is 31.8 Å². The minimum Gasteiger partial charge on any atom is -0.497 e. The summed E-state index contributed by atoms with van der Waals surface area (Å²) in [6.07, 6.45) is 0. The van der Waals surface area contributed by atoms with Gasteiger partial charge in [-0.1, -0.05) is 6.07 Å². The van der Waals surface area contributed by atoms with Crippen molar-refractivity contribution in [2.24, 2.45) is 0 Å². The summed E-state index contributed by atoms with van der Waals surface area (Å²) >= 11 is 1.55. The molecule has 3 nitrogen and oxygen atoms in total. The van der Waals surface area contributed by atoms with Crippen molar-refractivity contribution in [1.29, 1.82) is 0 Å². The van der Waals surface area contributed by atoms with Crippen LogP contribution in [0.2, 0.25) is 0 Å². The van der Waals surface area contributed by atoms with E-state index >= 15 is 0 Å². The number of benzene rings is 2. The summed E-state index contributed by atoms with van der Waals surface area (Å²) in [4.78, 5) is 9.12. The maximum Gasteiger partial charge on any atom is 0.143 e. The molecule has 0 N–H and O–H groups in total. The second kappa shape index (κ2) is 5.03. The standard InChI is InChI=1S/C17H11FN2OS/c1-21-12-5-7-13-16(9-12)22-17(20-13)14-6-3-10-2-4-11(18)8-15(10)19-14/h2-9H,1H3. The second-order valence-electron chi connectivity index (χ2n) is 4.89. The second-order valence-corrected chi connectivity index (χ2v) is 5.92. The zero-order valence-corrected chi connectivity index (χ0v) is 12.5. The molecule has 0 unspecified atom stereocenters. The van der Waals surface area contributed by atoms with E-state index in [2.05, 4.69) is 9.97 Å². The van der Waals surface area contributed by atoms with Crippen LogP contribution in [0.4, 0.5) is 4.39 Å². The molecule has 0 aliphatic carbocycles. The van der Waals surface area contributed by atoms with Crippen molar-refractivity contribution in [2.75, 3.05) is 7.11 Å². The number of rotatable bonds is 2. The van der Waals surface area contributed by atoms with E-state index in [4.69, 9.17) is 4.74 Å². The Morgan fingerprint density at radius 3 is 2.68 bits per heavy atom. The lowest BCUT2D eigenvalue weighted by Gasteiger charge is -2.00. The van der Waals surface area contributed by atoms with Crippen LogP contribution in [0.15, 0.2) is 48.5 Å². The molecule has 0 fully saturated rings. The van der Waals surface area contributed by atoms with Crippen LogP contribution >= 0.6 is 11.3 Å². The van der Waals surface area contributed by atoms with Gasteiger partial charge in [0, 0.05) is 11.5 Å². The zero-order valence-electron chi connectivity index (χ0n) is 11.7. The maximum absolute atomic E-state index is 13.4. The normalized spacial score (nSPS) is 11.2. The average Bonchev–Trinajstić information content (AvgIpc) is 2.97. The average molecular weight is 310 g/mol. The van der Waals surface area contributed by atoms with E-state index < -0.39 is 0 Å². The Morgan fingerprint density at radius 2 is 1.82 bits per heavy atom. The van der Waals surface area contributed by atoms with Crippen LogP contribution in [0, 0.1) is 5.82 Å². The van der Waals surface area contributed by atoms with Crippen molar-refractivity contribution in [3.8, 4) is 16.5 Å². The summed E-state index contributed by atoms with van der Waals surface area (Å²) in [6, 6.07) is 14.2. The Morgan fingerprint density at radius 1 is 0.955 bits per heavy atom. The molecule has 4 rings (SSSR count). The fraction of sp³-hybridized carbons (Fsp3) is 0.0588. The van der Waals surface area contributed by atoms with E-state index in [-0.39, 0.29) is 5.82 Å². The molecule has 2 aromatic heterocycles. The molecule has 0 saturated carbocycles. The lowest BCUT2D eigenvalue weighted by molar-refractivity contribution is 0.415. The fourth-order valence-electron chi connectivity index (χ4n) is 2.35.